The van der Waals surface area contributed by atoms with E-state index in [2.05, 4.69) is 6.92 Å². The number of furan rings is 1. The molecule has 2 rings (SSSR count). The highest BCUT2D eigenvalue weighted by Crippen LogP contribution is 2.14. The first kappa shape index (κ1) is 11.6. The minimum absolute atomic E-state index is 0.0972. The molecule has 0 saturated carbocycles. The van der Waals surface area contributed by atoms with Gasteiger partial charge in [0.25, 0.3) is 0 Å². The molecule has 0 fully saturated rings. The highest BCUT2D eigenvalue weighted by molar-refractivity contribution is 6.07. The molecule has 0 aliphatic rings. The van der Waals surface area contributed by atoms with E-state index in [1.807, 2.05) is 18.2 Å². The summed E-state index contributed by atoms with van der Waals surface area (Å²) in [4.78, 5) is 12.1. The average Bonchev–Trinajstić information content (AvgIpc) is 2.86. The van der Waals surface area contributed by atoms with E-state index in [0.717, 1.165) is 12.0 Å². The van der Waals surface area contributed by atoms with Gasteiger partial charge in [0.2, 0.25) is 5.78 Å². The van der Waals surface area contributed by atoms with Gasteiger partial charge >= 0.3 is 0 Å². The molecule has 0 radical (unpaired) electrons. The lowest BCUT2D eigenvalue weighted by atomic mass is 10.0. The van der Waals surface area contributed by atoms with E-state index in [-0.39, 0.29) is 5.78 Å². The molecule has 0 spiro atoms. The second-order valence-electron chi connectivity index (χ2n) is 3.85. The third kappa shape index (κ3) is 2.45. The molecule has 2 aromatic rings. The van der Waals surface area contributed by atoms with Crippen LogP contribution in [-0.4, -0.2) is 5.78 Å². The SMILES string of the molecule is CCc1cccc(C(=O)c2ccc(CN)o2)c1. The Morgan fingerprint density at radius 1 is 1.29 bits per heavy atom. The van der Waals surface area contributed by atoms with E-state index < -0.39 is 0 Å². The van der Waals surface area contributed by atoms with E-state index in [1.54, 1.807) is 18.2 Å². The molecule has 0 aliphatic heterocycles. The molecule has 0 amide bonds. The van der Waals surface area contributed by atoms with Gasteiger partial charge in [-0.3, -0.25) is 4.79 Å². The number of nitrogens with two attached hydrogens (primary N) is 1. The molecular weight excluding hydrogens is 214 g/mol. The molecule has 88 valence electrons. The Morgan fingerprint density at radius 3 is 2.76 bits per heavy atom. The summed E-state index contributed by atoms with van der Waals surface area (Å²) in [5, 5.41) is 0. The van der Waals surface area contributed by atoms with Gasteiger partial charge in [-0.25, -0.2) is 0 Å². The maximum absolute atomic E-state index is 12.1. The lowest BCUT2D eigenvalue weighted by Gasteiger charge is -2.00. The minimum atomic E-state index is -0.0972. The predicted molar refractivity (Wildman–Crippen MR) is 65.9 cm³/mol. The van der Waals surface area contributed by atoms with Crippen molar-refractivity contribution in [1.82, 2.24) is 0 Å². The van der Waals surface area contributed by atoms with Crippen LogP contribution >= 0.6 is 0 Å². The van der Waals surface area contributed by atoms with Crippen LogP contribution in [0.4, 0.5) is 0 Å². The van der Waals surface area contributed by atoms with Crippen molar-refractivity contribution >= 4 is 5.78 Å². The summed E-state index contributed by atoms with van der Waals surface area (Å²) in [7, 11) is 0. The summed E-state index contributed by atoms with van der Waals surface area (Å²) in [6, 6.07) is 11.0. The number of benzene rings is 1. The van der Waals surface area contributed by atoms with E-state index in [0.29, 0.717) is 23.6 Å². The largest absolute Gasteiger partial charge is 0.456 e. The maximum Gasteiger partial charge on any atom is 0.228 e. The molecule has 2 N–H and O–H groups in total. The molecule has 17 heavy (non-hydrogen) atoms. The van der Waals surface area contributed by atoms with Crippen molar-refractivity contribution in [2.75, 3.05) is 0 Å². The van der Waals surface area contributed by atoms with Crippen LogP contribution in [0.5, 0.6) is 0 Å². The molecule has 0 unspecified atom stereocenters. The Kier molecular flexibility index (Phi) is 3.40. The van der Waals surface area contributed by atoms with Crippen molar-refractivity contribution in [3.8, 4) is 0 Å². The number of aryl methyl sites for hydroxylation is 1. The quantitative estimate of drug-likeness (QED) is 0.819. The molecule has 1 heterocycles. The fourth-order valence-electron chi connectivity index (χ4n) is 1.68. The van der Waals surface area contributed by atoms with Crippen molar-refractivity contribution in [3.63, 3.8) is 0 Å². The van der Waals surface area contributed by atoms with Gasteiger partial charge in [0.05, 0.1) is 6.54 Å². The van der Waals surface area contributed by atoms with Gasteiger partial charge in [0.15, 0.2) is 5.76 Å². The van der Waals surface area contributed by atoms with Crippen LogP contribution < -0.4 is 5.73 Å². The van der Waals surface area contributed by atoms with Crippen LogP contribution in [-0.2, 0) is 13.0 Å². The van der Waals surface area contributed by atoms with E-state index in [1.165, 1.54) is 0 Å². The summed E-state index contributed by atoms with van der Waals surface area (Å²) in [5.41, 5.74) is 7.24. The zero-order chi connectivity index (χ0) is 12.3. The summed E-state index contributed by atoms with van der Waals surface area (Å²) >= 11 is 0. The lowest BCUT2D eigenvalue weighted by molar-refractivity contribution is 0.101. The Labute approximate surface area is 100 Å². The number of ketones is 1. The molecule has 1 aromatic carbocycles. The highest BCUT2D eigenvalue weighted by atomic mass is 16.3. The zero-order valence-electron chi connectivity index (χ0n) is 9.77. The van der Waals surface area contributed by atoms with E-state index in [4.69, 9.17) is 10.2 Å². The molecule has 3 nitrogen and oxygen atoms in total. The monoisotopic (exact) mass is 229 g/mol. The molecule has 0 saturated heterocycles. The number of hydrogen-bond donors (Lipinski definition) is 1. The number of carbonyl (C=O) groups excluding carboxylic acids is 1. The molecule has 0 bridgehead atoms. The summed E-state index contributed by atoms with van der Waals surface area (Å²) in [6.45, 7) is 2.37. The van der Waals surface area contributed by atoms with Crippen LogP contribution in [0, 0.1) is 0 Å². The topological polar surface area (TPSA) is 56.2 Å². The molecule has 1 aromatic heterocycles. The first-order valence-electron chi connectivity index (χ1n) is 5.67. The first-order chi connectivity index (χ1) is 8.24. The van der Waals surface area contributed by atoms with Crippen LogP contribution in [0.3, 0.4) is 0 Å². The summed E-state index contributed by atoms with van der Waals surface area (Å²) in [5.74, 6) is 0.874. The number of hydrogen-bond acceptors (Lipinski definition) is 3. The van der Waals surface area contributed by atoms with Crippen LogP contribution in [0.25, 0.3) is 0 Å². The molecule has 0 atom stereocenters. The fraction of sp³-hybridized carbons (Fsp3) is 0.214. The van der Waals surface area contributed by atoms with Crippen molar-refractivity contribution in [2.45, 2.75) is 19.9 Å². The van der Waals surface area contributed by atoms with Crippen LogP contribution in [0.2, 0.25) is 0 Å². The fourth-order valence-corrected chi connectivity index (χ4v) is 1.68. The van der Waals surface area contributed by atoms with Gasteiger partial charge in [-0.1, -0.05) is 25.1 Å². The molecule has 0 aliphatic carbocycles. The minimum Gasteiger partial charge on any atom is -0.456 e. The Morgan fingerprint density at radius 2 is 2.12 bits per heavy atom. The first-order valence-corrected chi connectivity index (χ1v) is 5.67. The van der Waals surface area contributed by atoms with Crippen molar-refractivity contribution in [2.24, 2.45) is 5.73 Å². The average molecular weight is 229 g/mol. The third-order valence-corrected chi connectivity index (χ3v) is 2.68. The van der Waals surface area contributed by atoms with Gasteiger partial charge < -0.3 is 10.2 Å². The smallest absolute Gasteiger partial charge is 0.228 e. The normalized spacial score (nSPS) is 10.5. The number of rotatable bonds is 4. The molecule has 3 heteroatoms. The summed E-state index contributed by atoms with van der Waals surface area (Å²) < 4.78 is 5.35. The van der Waals surface area contributed by atoms with Crippen molar-refractivity contribution < 1.29 is 9.21 Å². The zero-order valence-corrected chi connectivity index (χ0v) is 9.77. The van der Waals surface area contributed by atoms with Gasteiger partial charge in [0.1, 0.15) is 5.76 Å². The highest BCUT2D eigenvalue weighted by Gasteiger charge is 2.13. The van der Waals surface area contributed by atoms with E-state index in [9.17, 15) is 4.79 Å². The van der Waals surface area contributed by atoms with Crippen LogP contribution in [0.1, 0.15) is 34.4 Å². The van der Waals surface area contributed by atoms with E-state index >= 15 is 0 Å². The van der Waals surface area contributed by atoms with Gasteiger partial charge in [0, 0.05) is 5.56 Å². The summed E-state index contributed by atoms with van der Waals surface area (Å²) in [6.07, 6.45) is 0.910. The maximum atomic E-state index is 12.1. The third-order valence-electron chi connectivity index (χ3n) is 2.68. The lowest BCUT2D eigenvalue weighted by Crippen LogP contribution is -2.00. The van der Waals surface area contributed by atoms with Gasteiger partial charge in [-0.2, -0.15) is 0 Å². The Hall–Kier alpha value is -1.87. The van der Waals surface area contributed by atoms with Gasteiger partial charge in [-0.15, -0.1) is 0 Å². The predicted octanol–water partition coefficient (Wildman–Crippen LogP) is 2.53. The van der Waals surface area contributed by atoms with Crippen molar-refractivity contribution in [1.29, 1.82) is 0 Å². The van der Waals surface area contributed by atoms with Gasteiger partial charge in [-0.05, 0) is 30.2 Å². The standard InChI is InChI=1S/C14H15NO2/c1-2-10-4-3-5-11(8-10)14(16)13-7-6-12(9-15)17-13/h3-8H,2,9,15H2,1H3. The molecular formula is C14H15NO2. The second-order valence-corrected chi connectivity index (χ2v) is 3.85. The van der Waals surface area contributed by atoms with Crippen molar-refractivity contribution in [3.05, 3.63) is 59.0 Å². The Balaban J connectivity index is 2.29. The second kappa shape index (κ2) is 4.97. The Bertz CT molecular complexity index is 529. The van der Waals surface area contributed by atoms with Crippen LogP contribution in [0.15, 0.2) is 40.8 Å². The number of carbonyl (C=O) groups is 1.